The lowest BCUT2D eigenvalue weighted by molar-refractivity contribution is 0.903. The zero-order chi connectivity index (χ0) is 15.2. The van der Waals surface area contributed by atoms with Crippen molar-refractivity contribution in [1.82, 2.24) is 15.3 Å². The van der Waals surface area contributed by atoms with Crippen molar-refractivity contribution >= 4 is 23.5 Å². The van der Waals surface area contributed by atoms with Crippen LogP contribution < -0.4 is 10.7 Å². The van der Waals surface area contributed by atoms with Gasteiger partial charge < -0.3 is 9.88 Å². The molecule has 21 heavy (non-hydrogen) atoms. The molecule has 0 aliphatic carbocycles. The topological polar surface area (TPSA) is 41.4 Å². The molecule has 0 spiro atoms. The summed E-state index contributed by atoms with van der Waals surface area (Å²) in [5.41, 5.74) is 7.36. The summed E-state index contributed by atoms with van der Waals surface area (Å²) >= 11 is 5.07. The molecule has 1 aromatic heterocycles. The molecule has 0 radical (unpaired) electrons. The molecule has 0 aliphatic rings. The number of hydrogen-bond acceptors (Lipinski definition) is 2. The fourth-order valence-corrected chi connectivity index (χ4v) is 2.45. The maximum absolute atomic E-state index is 5.07. The van der Waals surface area contributed by atoms with Gasteiger partial charge in [-0.1, -0.05) is 18.2 Å². The Balaban J connectivity index is 2.20. The van der Waals surface area contributed by atoms with E-state index in [9.17, 15) is 0 Å². The molecule has 0 unspecified atom stereocenters. The van der Waals surface area contributed by atoms with Gasteiger partial charge in [0.25, 0.3) is 0 Å². The molecule has 2 N–H and O–H groups in total. The number of hydrazone groups is 1. The van der Waals surface area contributed by atoms with E-state index < -0.39 is 0 Å². The Kier molecular flexibility index (Phi) is 5.11. The molecule has 0 saturated heterocycles. The third-order valence-corrected chi connectivity index (χ3v) is 3.43. The van der Waals surface area contributed by atoms with Gasteiger partial charge in [-0.25, -0.2) is 0 Å². The van der Waals surface area contributed by atoms with Crippen molar-refractivity contribution in [3.8, 4) is 5.69 Å². The van der Waals surface area contributed by atoms with Gasteiger partial charge >= 0.3 is 0 Å². The number of para-hydroxylation sites is 1. The van der Waals surface area contributed by atoms with Gasteiger partial charge in [0.2, 0.25) is 0 Å². The first-order chi connectivity index (χ1) is 10.1. The Bertz CT molecular complexity index is 644. The van der Waals surface area contributed by atoms with Crippen LogP contribution in [0.5, 0.6) is 0 Å². The van der Waals surface area contributed by atoms with E-state index in [4.69, 9.17) is 12.2 Å². The van der Waals surface area contributed by atoms with Gasteiger partial charge in [0.05, 0.1) is 6.21 Å². The average molecular weight is 300 g/mol. The Morgan fingerprint density at radius 3 is 2.67 bits per heavy atom. The van der Waals surface area contributed by atoms with Crippen molar-refractivity contribution in [3.63, 3.8) is 0 Å². The van der Waals surface area contributed by atoms with Crippen LogP contribution in [0.15, 0.2) is 41.5 Å². The summed E-state index contributed by atoms with van der Waals surface area (Å²) in [5.74, 6) is 0. The average Bonchev–Trinajstić information content (AvgIpc) is 2.75. The molecule has 2 rings (SSSR count). The normalized spacial score (nSPS) is 10.8. The third-order valence-electron chi connectivity index (χ3n) is 3.19. The number of aromatic nitrogens is 1. The quantitative estimate of drug-likeness (QED) is 0.518. The highest BCUT2D eigenvalue weighted by atomic mass is 32.1. The lowest BCUT2D eigenvalue weighted by atomic mass is 10.2. The highest BCUT2D eigenvalue weighted by molar-refractivity contribution is 7.80. The van der Waals surface area contributed by atoms with E-state index in [1.165, 1.54) is 5.69 Å². The Morgan fingerprint density at radius 1 is 1.29 bits per heavy atom. The van der Waals surface area contributed by atoms with E-state index in [0.717, 1.165) is 23.5 Å². The SMILES string of the molecule is CCNC(=S)N/N=C/c1cc(C)n(-c2ccccc2)c1C. The van der Waals surface area contributed by atoms with Crippen molar-refractivity contribution < 1.29 is 0 Å². The van der Waals surface area contributed by atoms with Crippen molar-refractivity contribution in [2.45, 2.75) is 20.8 Å². The van der Waals surface area contributed by atoms with E-state index in [1.54, 1.807) is 6.21 Å². The maximum atomic E-state index is 5.07. The summed E-state index contributed by atoms with van der Waals surface area (Å²) < 4.78 is 2.21. The number of thiocarbonyl (C=S) groups is 1. The summed E-state index contributed by atoms with van der Waals surface area (Å²) in [6.45, 7) is 6.95. The number of hydrogen-bond donors (Lipinski definition) is 2. The van der Waals surface area contributed by atoms with Crippen LogP contribution in [-0.2, 0) is 0 Å². The highest BCUT2D eigenvalue weighted by Crippen LogP contribution is 2.19. The zero-order valence-corrected chi connectivity index (χ0v) is 13.4. The fraction of sp³-hybridized carbons (Fsp3) is 0.250. The molecule has 110 valence electrons. The van der Waals surface area contributed by atoms with Crippen molar-refractivity contribution in [1.29, 1.82) is 0 Å². The first-order valence-electron chi connectivity index (χ1n) is 6.94. The van der Waals surface area contributed by atoms with E-state index in [-0.39, 0.29) is 0 Å². The minimum Gasteiger partial charge on any atom is -0.362 e. The van der Waals surface area contributed by atoms with Gasteiger partial charge in [0.1, 0.15) is 0 Å². The van der Waals surface area contributed by atoms with E-state index >= 15 is 0 Å². The number of nitrogens with zero attached hydrogens (tertiary/aromatic N) is 2. The molecule has 0 amide bonds. The molecule has 5 heteroatoms. The Hall–Kier alpha value is -2.14. The second-order valence-electron chi connectivity index (χ2n) is 4.73. The van der Waals surface area contributed by atoms with Crippen LogP contribution in [0.2, 0.25) is 0 Å². The molecule has 0 bridgehead atoms. The van der Waals surface area contributed by atoms with Crippen LogP contribution in [0, 0.1) is 13.8 Å². The summed E-state index contributed by atoms with van der Waals surface area (Å²) in [7, 11) is 0. The lowest BCUT2D eigenvalue weighted by Gasteiger charge is -2.09. The molecule has 1 aromatic carbocycles. The van der Waals surface area contributed by atoms with E-state index in [1.807, 2.05) is 25.1 Å². The summed E-state index contributed by atoms with van der Waals surface area (Å²) in [4.78, 5) is 0. The molecule has 0 aliphatic heterocycles. The molecule has 0 fully saturated rings. The Labute approximate surface area is 130 Å². The number of nitrogens with one attached hydrogen (secondary N) is 2. The van der Waals surface area contributed by atoms with Gasteiger partial charge in [-0.15, -0.1) is 0 Å². The number of rotatable bonds is 4. The molecular weight excluding hydrogens is 280 g/mol. The Morgan fingerprint density at radius 2 is 2.00 bits per heavy atom. The van der Waals surface area contributed by atoms with E-state index in [0.29, 0.717) is 5.11 Å². The summed E-state index contributed by atoms with van der Waals surface area (Å²) in [6, 6.07) is 12.4. The lowest BCUT2D eigenvalue weighted by Crippen LogP contribution is -2.31. The molecular formula is C16H20N4S. The third kappa shape index (κ3) is 3.70. The molecule has 0 saturated carbocycles. The maximum Gasteiger partial charge on any atom is 0.186 e. The van der Waals surface area contributed by atoms with Crippen LogP contribution in [-0.4, -0.2) is 22.4 Å². The standard InChI is InChI=1S/C16H20N4S/c1-4-17-16(21)19-18-11-14-10-12(2)20(13(14)3)15-8-6-5-7-9-15/h5-11H,4H2,1-3H3,(H2,17,19,21)/b18-11+. The van der Waals surface area contributed by atoms with E-state index in [2.05, 4.69) is 52.5 Å². The summed E-state index contributed by atoms with van der Waals surface area (Å²) in [5, 5.41) is 7.70. The molecule has 2 aromatic rings. The predicted octanol–water partition coefficient (Wildman–Crippen LogP) is 2.91. The first kappa shape index (κ1) is 15.3. The second-order valence-corrected chi connectivity index (χ2v) is 5.14. The predicted molar refractivity (Wildman–Crippen MR) is 92.2 cm³/mol. The number of benzene rings is 1. The van der Waals surface area contributed by atoms with Crippen LogP contribution in [0.4, 0.5) is 0 Å². The largest absolute Gasteiger partial charge is 0.362 e. The van der Waals surface area contributed by atoms with Gasteiger partial charge in [0, 0.05) is 29.2 Å². The van der Waals surface area contributed by atoms with Crippen LogP contribution in [0.3, 0.4) is 0 Å². The first-order valence-corrected chi connectivity index (χ1v) is 7.35. The van der Waals surface area contributed by atoms with Crippen molar-refractivity contribution in [2.24, 2.45) is 5.10 Å². The fourth-order valence-electron chi connectivity index (χ4n) is 2.25. The smallest absolute Gasteiger partial charge is 0.186 e. The molecule has 4 nitrogen and oxygen atoms in total. The minimum absolute atomic E-state index is 0.533. The molecule has 1 heterocycles. The monoisotopic (exact) mass is 300 g/mol. The van der Waals surface area contributed by atoms with Gasteiger partial charge in [-0.2, -0.15) is 5.10 Å². The van der Waals surface area contributed by atoms with Crippen LogP contribution >= 0.6 is 12.2 Å². The van der Waals surface area contributed by atoms with Crippen LogP contribution in [0.1, 0.15) is 23.9 Å². The minimum atomic E-state index is 0.533. The number of aryl methyl sites for hydroxylation is 1. The highest BCUT2D eigenvalue weighted by Gasteiger charge is 2.08. The van der Waals surface area contributed by atoms with Gasteiger partial charge in [0.15, 0.2) is 5.11 Å². The van der Waals surface area contributed by atoms with Gasteiger partial charge in [-0.05, 0) is 51.2 Å². The second kappa shape index (κ2) is 7.04. The van der Waals surface area contributed by atoms with Crippen molar-refractivity contribution in [3.05, 3.63) is 53.3 Å². The van der Waals surface area contributed by atoms with Crippen molar-refractivity contribution in [2.75, 3.05) is 6.54 Å². The zero-order valence-electron chi connectivity index (χ0n) is 12.6. The summed E-state index contributed by atoms with van der Waals surface area (Å²) in [6.07, 6.45) is 1.80. The van der Waals surface area contributed by atoms with Crippen LogP contribution in [0.25, 0.3) is 5.69 Å². The van der Waals surface area contributed by atoms with Gasteiger partial charge in [-0.3, -0.25) is 5.43 Å². The molecule has 0 atom stereocenters.